The molecule has 0 heterocycles. The minimum atomic E-state index is -6.00. The van der Waals surface area contributed by atoms with Crippen molar-refractivity contribution >= 4 is 29.8 Å². The third-order valence-electron chi connectivity index (χ3n) is 1.05. The van der Waals surface area contributed by atoms with E-state index in [2.05, 4.69) is 22.6 Å². The SMILES string of the molecule is COc1ccc(I)cc1.F[B-](F)(F)F. The smallest absolute Gasteiger partial charge is 0.497 e. The molecule has 1 nitrogen and oxygen atoms in total. The molecule has 0 atom stereocenters. The average Bonchev–Trinajstić information content (AvgIpc) is 2.03. The Bertz CT molecular complexity index is 255. The molecule has 14 heavy (non-hydrogen) atoms. The van der Waals surface area contributed by atoms with Gasteiger partial charge in [0.05, 0.1) is 7.11 Å². The van der Waals surface area contributed by atoms with Crippen molar-refractivity contribution in [3.63, 3.8) is 0 Å². The van der Waals surface area contributed by atoms with Crippen molar-refractivity contribution in [3.05, 3.63) is 27.8 Å². The minimum Gasteiger partial charge on any atom is -0.497 e. The van der Waals surface area contributed by atoms with E-state index in [1.165, 1.54) is 3.57 Å². The van der Waals surface area contributed by atoms with E-state index in [4.69, 9.17) is 4.74 Å². The minimum absolute atomic E-state index is 0.912. The third-order valence-corrected chi connectivity index (χ3v) is 1.77. The van der Waals surface area contributed by atoms with Gasteiger partial charge in [-0.1, -0.05) is 0 Å². The molecule has 0 saturated carbocycles. The molecule has 0 aliphatic heterocycles. The van der Waals surface area contributed by atoms with Crippen LogP contribution in [0.3, 0.4) is 0 Å². The predicted molar refractivity (Wildman–Crippen MR) is 55.9 cm³/mol. The number of ether oxygens (including phenoxy) is 1. The summed E-state index contributed by atoms with van der Waals surface area (Å²) in [5, 5.41) is 0. The van der Waals surface area contributed by atoms with Gasteiger partial charge < -0.3 is 22.0 Å². The summed E-state index contributed by atoms with van der Waals surface area (Å²) in [6, 6.07) is 7.92. The molecule has 0 saturated heterocycles. The lowest BCUT2D eigenvalue weighted by molar-refractivity contribution is 0.368. The van der Waals surface area contributed by atoms with Crippen LogP contribution in [0.2, 0.25) is 0 Å². The molecule has 0 aromatic heterocycles. The first-order chi connectivity index (χ1) is 6.33. The summed E-state index contributed by atoms with van der Waals surface area (Å²) in [7, 11) is -4.33. The Hall–Kier alpha value is -0.465. The normalized spacial score (nSPS) is 10.1. The van der Waals surface area contributed by atoms with Gasteiger partial charge in [0.1, 0.15) is 5.75 Å². The highest BCUT2D eigenvalue weighted by molar-refractivity contribution is 14.1. The van der Waals surface area contributed by atoms with E-state index in [0.717, 1.165) is 5.75 Å². The van der Waals surface area contributed by atoms with Crippen LogP contribution < -0.4 is 4.74 Å². The van der Waals surface area contributed by atoms with E-state index in [0.29, 0.717) is 0 Å². The lowest BCUT2D eigenvalue weighted by Crippen LogP contribution is -2.02. The van der Waals surface area contributed by atoms with Crippen LogP contribution in [0.4, 0.5) is 17.3 Å². The maximum Gasteiger partial charge on any atom is 0.673 e. The van der Waals surface area contributed by atoms with Crippen molar-refractivity contribution in [1.82, 2.24) is 0 Å². The first-order valence-corrected chi connectivity index (χ1v) is 4.57. The first-order valence-electron chi connectivity index (χ1n) is 3.50. The molecule has 0 N–H and O–H groups in total. The summed E-state index contributed by atoms with van der Waals surface area (Å²) in [5.41, 5.74) is 0. The lowest BCUT2D eigenvalue weighted by atomic mass is 10.3. The number of methoxy groups -OCH3 is 1. The fourth-order valence-electron chi connectivity index (χ4n) is 0.571. The molecule has 0 aliphatic rings. The fraction of sp³-hybridized carbons (Fsp3) is 0.143. The van der Waals surface area contributed by atoms with E-state index in [-0.39, 0.29) is 0 Å². The Morgan fingerprint density at radius 2 is 1.43 bits per heavy atom. The Balaban J connectivity index is 0.000000292. The topological polar surface area (TPSA) is 9.23 Å². The molecule has 80 valence electrons. The Labute approximate surface area is 92.7 Å². The van der Waals surface area contributed by atoms with Crippen molar-refractivity contribution in [1.29, 1.82) is 0 Å². The summed E-state index contributed by atoms with van der Waals surface area (Å²) >= 11 is 2.26. The summed E-state index contributed by atoms with van der Waals surface area (Å²) in [5.74, 6) is 0.912. The van der Waals surface area contributed by atoms with Crippen LogP contribution in [0.1, 0.15) is 0 Å². The van der Waals surface area contributed by atoms with Gasteiger partial charge in [0, 0.05) is 3.57 Å². The molecule has 0 amide bonds. The van der Waals surface area contributed by atoms with Crippen LogP contribution in [0.25, 0.3) is 0 Å². The van der Waals surface area contributed by atoms with Crippen LogP contribution >= 0.6 is 22.6 Å². The molecule has 0 bridgehead atoms. The fourth-order valence-corrected chi connectivity index (χ4v) is 0.930. The maximum atomic E-state index is 9.75. The lowest BCUT2D eigenvalue weighted by Gasteiger charge is -1.96. The number of rotatable bonds is 1. The highest BCUT2D eigenvalue weighted by atomic mass is 127. The van der Waals surface area contributed by atoms with Crippen LogP contribution in [-0.4, -0.2) is 14.4 Å². The molecule has 0 radical (unpaired) electrons. The Morgan fingerprint density at radius 3 is 1.71 bits per heavy atom. The quantitative estimate of drug-likeness (QED) is 0.436. The Morgan fingerprint density at radius 1 is 1.07 bits per heavy atom. The van der Waals surface area contributed by atoms with Crippen molar-refractivity contribution in [2.24, 2.45) is 0 Å². The largest absolute Gasteiger partial charge is 0.673 e. The first kappa shape index (κ1) is 13.5. The maximum absolute atomic E-state index is 9.75. The van der Waals surface area contributed by atoms with E-state index in [1.54, 1.807) is 7.11 Å². The second kappa shape index (κ2) is 6.10. The van der Waals surface area contributed by atoms with Crippen molar-refractivity contribution < 1.29 is 22.0 Å². The zero-order valence-electron chi connectivity index (χ0n) is 7.18. The van der Waals surface area contributed by atoms with Crippen LogP contribution in [0.5, 0.6) is 5.75 Å². The molecule has 0 fully saturated rings. The summed E-state index contributed by atoms with van der Waals surface area (Å²) < 4.78 is 45.2. The molecule has 1 aromatic rings. The van der Waals surface area contributed by atoms with Gasteiger partial charge in [-0.25, -0.2) is 0 Å². The van der Waals surface area contributed by atoms with Gasteiger partial charge in [-0.15, -0.1) is 0 Å². The molecular formula is C7H7BF4IO-. The molecule has 0 unspecified atom stereocenters. The summed E-state index contributed by atoms with van der Waals surface area (Å²) in [6.45, 7) is 0. The highest BCUT2D eigenvalue weighted by Crippen LogP contribution is 2.11. The monoisotopic (exact) mass is 321 g/mol. The molecule has 0 aliphatic carbocycles. The third kappa shape index (κ3) is 9.62. The predicted octanol–water partition coefficient (Wildman–Crippen LogP) is 3.60. The van der Waals surface area contributed by atoms with Gasteiger partial charge in [0.2, 0.25) is 0 Å². The van der Waals surface area contributed by atoms with Crippen LogP contribution in [-0.2, 0) is 0 Å². The van der Waals surface area contributed by atoms with Crippen LogP contribution in [0.15, 0.2) is 24.3 Å². The van der Waals surface area contributed by atoms with Crippen molar-refractivity contribution in [2.75, 3.05) is 7.11 Å². The second-order valence-electron chi connectivity index (χ2n) is 2.15. The number of hydrogen-bond acceptors (Lipinski definition) is 1. The standard InChI is InChI=1S/C7H7IO.BF4/c1-9-7-4-2-6(8)3-5-7;2-1(3,4)5/h2-5H,1H3;/q;-1. The molecule has 0 spiro atoms. The van der Waals surface area contributed by atoms with Gasteiger partial charge in [-0.2, -0.15) is 0 Å². The van der Waals surface area contributed by atoms with E-state index >= 15 is 0 Å². The van der Waals surface area contributed by atoms with Crippen molar-refractivity contribution in [2.45, 2.75) is 0 Å². The number of halogens is 5. The van der Waals surface area contributed by atoms with Gasteiger partial charge in [-0.3, -0.25) is 0 Å². The number of hydrogen-bond donors (Lipinski definition) is 0. The van der Waals surface area contributed by atoms with E-state index in [9.17, 15) is 17.3 Å². The zero-order chi connectivity index (χ0) is 11.2. The van der Waals surface area contributed by atoms with Gasteiger partial charge in [0.15, 0.2) is 0 Å². The van der Waals surface area contributed by atoms with E-state index in [1.807, 2.05) is 24.3 Å². The van der Waals surface area contributed by atoms with Gasteiger partial charge >= 0.3 is 7.25 Å². The van der Waals surface area contributed by atoms with Gasteiger partial charge in [-0.05, 0) is 46.9 Å². The summed E-state index contributed by atoms with van der Waals surface area (Å²) in [6.07, 6.45) is 0. The molecule has 7 heteroatoms. The molecular weight excluding hydrogens is 314 g/mol. The molecule has 1 aromatic carbocycles. The molecule has 1 rings (SSSR count). The number of benzene rings is 1. The second-order valence-corrected chi connectivity index (χ2v) is 3.40. The summed E-state index contributed by atoms with van der Waals surface area (Å²) in [4.78, 5) is 0. The van der Waals surface area contributed by atoms with E-state index < -0.39 is 7.25 Å². The van der Waals surface area contributed by atoms with Gasteiger partial charge in [0.25, 0.3) is 0 Å². The average molecular weight is 321 g/mol. The highest BCUT2D eigenvalue weighted by Gasteiger charge is 2.20. The zero-order valence-corrected chi connectivity index (χ0v) is 9.34. The van der Waals surface area contributed by atoms with Crippen molar-refractivity contribution in [3.8, 4) is 5.75 Å². The van der Waals surface area contributed by atoms with Crippen LogP contribution in [0, 0.1) is 3.57 Å². The Kier molecular flexibility index (Phi) is 5.90.